The highest BCUT2D eigenvalue weighted by atomic mass is 16.3. The fourth-order valence-corrected chi connectivity index (χ4v) is 3.68. The van der Waals surface area contributed by atoms with Gasteiger partial charge >= 0.3 is 0 Å². The molecule has 4 rings (SSSR count). The number of furan rings is 1. The van der Waals surface area contributed by atoms with E-state index in [-0.39, 0.29) is 0 Å². The average Bonchev–Trinajstić information content (AvgIpc) is 3.18. The fourth-order valence-electron chi connectivity index (χ4n) is 3.68. The maximum absolute atomic E-state index is 5.56. The van der Waals surface area contributed by atoms with Crippen LogP contribution in [-0.4, -0.2) is 54.4 Å². The Morgan fingerprint density at radius 1 is 0.893 bits per heavy atom. The first kappa shape index (κ1) is 18.7. The zero-order chi connectivity index (χ0) is 19.3. The van der Waals surface area contributed by atoms with E-state index in [1.54, 1.807) is 11.2 Å². The number of hydrogen-bond acceptors (Lipinski definition) is 8. The number of rotatable bonds is 5. The molecule has 0 radical (unpaired) electrons. The Bertz CT molecular complexity index is 770. The van der Waals surface area contributed by atoms with Crippen molar-refractivity contribution in [3.05, 3.63) is 23.7 Å². The maximum atomic E-state index is 5.56. The third-order valence-electron chi connectivity index (χ3n) is 5.29. The summed E-state index contributed by atoms with van der Waals surface area (Å²) >= 11 is 0. The highest BCUT2D eigenvalue weighted by molar-refractivity contribution is 5.76. The smallest absolute Gasteiger partial charge is 0.252 e. The summed E-state index contributed by atoms with van der Waals surface area (Å²) in [6.45, 7) is 5.93. The molecule has 2 aromatic heterocycles. The molecule has 8 nitrogen and oxygen atoms in total. The minimum absolute atomic E-state index is 0.565. The van der Waals surface area contributed by atoms with E-state index >= 15 is 0 Å². The number of aryl methyl sites for hydroxylation is 1. The van der Waals surface area contributed by atoms with Gasteiger partial charge in [-0.2, -0.15) is 20.1 Å². The third kappa shape index (κ3) is 4.43. The van der Waals surface area contributed by atoms with Gasteiger partial charge in [-0.05, 0) is 57.6 Å². The molecule has 0 spiro atoms. The van der Waals surface area contributed by atoms with E-state index in [0.717, 1.165) is 43.8 Å². The van der Waals surface area contributed by atoms with Crippen LogP contribution in [0.1, 0.15) is 50.0 Å². The van der Waals surface area contributed by atoms with Crippen LogP contribution in [0.2, 0.25) is 0 Å². The molecular formula is C20H29N7O. The molecule has 2 aliphatic rings. The van der Waals surface area contributed by atoms with E-state index in [0.29, 0.717) is 11.7 Å². The van der Waals surface area contributed by atoms with Gasteiger partial charge in [-0.15, -0.1) is 0 Å². The number of piperidine rings is 2. The van der Waals surface area contributed by atoms with E-state index in [1.807, 2.05) is 26.1 Å². The van der Waals surface area contributed by atoms with E-state index in [2.05, 4.69) is 14.9 Å². The molecule has 0 unspecified atom stereocenters. The molecular weight excluding hydrogens is 354 g/mol. The topological polar surface area (TPSA) is 73.9 Å². The lowest BCUT2D eigenvalue weighted by Crippen LogP contribution is -2.35. The number of hydrogen-bond donors (Lipinski definition) is 0. The minimum Gasteiger partial charge on any atom is -0.460 e. The summed E-state index contributed by atoms with van der Waals surface area (Å²) in [5.41, 5.74) is 0. The quantitative estimate of drug-likeness (QED) is 0.580. The van der Waals surface area contributed by atoms with Gasteiger partial charge in [0.15, 0.2) is 0 Å². The molecule has 28 heavy (non-hydrogen) atoms. The number of nitrogens with zero attached hydrogens (tertiary/aromatic N) is 7. The molecule has 2 saturated heterocycles. The number of aromatic nitrogens is 3. The lowest BCUT2D eigenvalue weighted by atomic mass is 10.1. The summed E-state index contributed by atoms with van der Waals surface area (Å²) < 4.78 is 5.56. The zero-order valence-electron chi connectivity index (χ0n) is 16.8. The van der Waals surface area contributed by atoms with E-state index in [4.69, 9.17) is 19.4 Å². The van der Waals surface area contributed by atoms with Gasteiger partial charge in [0.25, 0.3) is 5.95 Å². The van der Waals surface area contributed by atoms with Gasteiger partial charge in [-0.25, -0.2) is 5.01 Å². The molecule has 150 valence electrons. The Morgan fingerprint density at radius 3 is 1.96 bits per heavy atom. The summed E-state index contributed by atoms with van der Waals surface area (Å²) in [5.74, 6) is 3.67. The predicted molar refractivity (Wildman–Crippen MR) is 111 cm³/mol. The van der Waals surface area contributed by atoms with Crippen molar-refractivity contribution in [2.75, 3.05) is 48.0 Å². The van der Waals surface area contributed by atoms with Crippen molar-refractivity contribution in [3.63, 3.8) is 0 Å². The summed E-state index contributed by atoms with van der Waals surface area (Å²) in [7, 11) is 1.86. The zero-order valence-corrected chi connectivity index (χ0v) is 16.8. The van der Waals surface area contributed by atoms with Crippen molar-refractivity contribution in [2.45, 2.75) is 45.4 Å². The molecule has 2 fully saturated rings. The lowest BCUT2D eigenvalue weighted by Gasteiger charge is -2.30. The Morgan fingerprint density at radius 2 is 1.46 bits per heavy atom. The van der Waals surface area contributed by atoms with Crippen molar-refractivity contribution in [1.82, 2.24) is 15.0 Å². The van der Waals surface area contributed by atoms with Crippen LogP contribution in [0, 0.1) is 6.92 Å². The van der Waals surface area contributed by atoms with Gasteiger partial charge in [-0.3, -0.25) is 0 Å². The van der Waals surface area contributed by atoms with Crippen molar-refractivity contribution >= 4 is 24.1 Å². The van der Waals surface area contributed by atoms with E-state index in [9.17, 15) is 0 Å². The van der Waals surface area contributed by atoms with Crippen LogP contribution in [-0.2, 0) is 0 Å². The second-order valence-corrected chi connectivity index (χ2v) is 7.55. The van der Waals surface area contributed by atoms with Crippen molar-refractivity contribution in [1.29, 1.82) is 0 Å². The predicted octanol–water partition coefficient (Wildman–Crippen LogP) is 3.22. The molecule has 4 heterocycles. The average molecular weight is 384 g/mol. The molecule has 0 N–H and O–H groups in total. The lowest BCUT2D eigenvalue weighted by molar-refractivity contribution is 0.527. The minimum atomic E-state index is 0.565. The van der Waals surface area contributed by atoms with Crippen LogP contribution < -0.4 is 14.8 Å². The normalized spacial score (nSPS) is 18.1. The van der Waals surface area contributed by atoms with Crippen molar-refractivity contribution in [2.24, 2.45) is 5.10 Å². The van der Waals surface area contributed by atoms with Crippen LogP contribution in [0.5, 0.6) is 0 Å². The molecule has 0 saturated carbocycles. The highest BCUT2D eigenvalue weighted by Gasteiger charge is 2.21. The Labute approximate surface area is 166 Å². The fraction of sp³-hybridized carbons (Fsp3) is 0.600. The Balaban J connectivity index is 1.61. The van der Waals surface area contributed by atoms with Crippen LogP contribution in [0.15, 0.2) is 21.7 Å². The molecule has 2 aliphatic heterocycles. The van der Waals surface area contributed by atoms with Gasteiger partial charge in [0.05, 0.1) is 6.21 Å². The monoisotopic (exact) mass is 383 g/mol. The second-order valence-electron chi connectivity index (χ2n) is 7.55. The standard InChI is InChI=1S/C20H29N7O/c1-16-9-10-17(28-16)15-21-25(2)18-22-19(26-11-5-3-6-12-26)24-20(23-18)27-13-7-4-8-14-27/h9-10,15H,3-8,11-14H2,1-2H3/b21-15-. The van der Waals surface area contributed by atoms with E-state index < -0.39 is 0 Å². The van der Waals surface area contributed by atoms with Gasteiger partial charge in [0.1, 0.15) is 11.5 Å². The van der Waals surface area contributed by atoms with Crippen LogP contribution >= 0.6 is 0 Å². The van der Waals surface area contributed by atoms with Crippen LogP contribution in [0.3, 0.4) is 0 Å². The first-order valence-electron chi connectivity index (χ1n) is 10.3. The van der Waals surface area contributed by atoms with Gasteiger partial charge in [-0.1, -0.05) is 0 Å². The second kappa shape index (κ2) is 8.58. The van der Waals surface area contributed by atoms with Gasteiger partial charge < -0.3 is 14.2 Å². The summed E-state index contributed by atoms with van der Waals surface area (Å²) in [5, 5.41) is 6.17. The van der Waals surface area contributed by atoms with Crippen LogP contribution in [0.25, 0.3) is 0 Å². The number of hydrazone groups is 1. The maximum Gasteiger partial charge on any atom is 0.252 e. The van der Waals surface area contributed by atoms with Crippen molar-refractivity contribution < 1.29 is 4.42 Å². The Hall–Kier alpha value is -2.64. The summed E-state index contributed by atoms with van der Waals surface area (Å²) in [6.07, 6.45) is 8.99. The molecule has 0 atom stereocenters. The van der Waals surface area contributed by atoms with Gasteiger partial charge in [0, 0.05) is 33.2 Å². The number of anilines is 3. The first-order chi connectivity index (χ1) is 13.7. The molecule has 8 heteroatoms. The molecule has 2 aromatic rings. The SMILES string of the molecule is Cc1ccc(/C=N\N(C)c2nc(N3CCCCC3)nc(N3CCCCC3)n2)o1. The van der Waals surface area contributed by atoms with E-state index in [1.165, 1.54) is 38.5 Å². The molecule has 0 aromatic carbocycles. The molecule has 0 bridgehead atoms. The highest BCUT2D eigenvalue weighted by Crippen LogP contribution is 2.23. The van der Waals surface area contributed by atoms with Gasteiger partial charge in [0.2, 0.25) is 11.9 Å². The first-order valence-corrected chi connectivity index (χ1v) is 10.3. The third-order valence-corrected chi connectivity index (χ3v) is 5.29. The summed E-state index contributed by atoms with van der Waals surface area (Å²) in [6, 6.07) is 3.83. The Kier molecular flexibility index (Phi) is 5.73. The van der Waals surface area contributed by atoms with Crippen LogP contribution in [0.4, 0.5) is 17.8 Å². The molecule has 0 amide bonds. The summed E-state index contributed by atoms with van der Waals surface area (Å²) in [4.78, 5) is 18.8. The largest absolute Gasteiger partial charge is 0.460 e. The molecule has 0 aliphatic carbocycles. The van der Waals surface area contributed by atoms with Crippen molar-refractivity contribution in [3.8, 4) is 0 Å².